The van der Waals surface area contributed by atoms with Crippen LogP contribution in [0.5, 0.6) is 11.5 Å². The maximum atomic E-state index is 13.2. The third-order valence-electron chi connectivity index (χ3n) is 5.88. The van der Waals surface area contributed by atoms with Gasteiger partial charge in [0.05, 0.1) is 26.3 Å². The molecule has 2 heterocycles. The van der Waals surface area contributed by atoms with E-state index in [0.717, 1.165) is 0 Å². The highest BCUT2D eigenvalue weighted by molar-refractivity contribution is 5.90. The van der Waals surface area contributed by atoms with Crippen LogP contribution in [-0.4, -0.2) is 55.6 Å². The number of methoxy groups -OCH3 is 1. The number of ketones is 1. The molecule has 5 heteroatoms. The van der Waals surface area contributed by atoms with Gasteiger partial charge in [-0.25, -0.2) is 0 Å². The van der Waals surface area contributed by atoms with Gasteiger partial charge >= 0.3 is 0 Å². The predicted octanol–water partition coefficient (Wildman–Crippen LogP) is 1.05. The van der Waals surface area contributed by atoms with Gasteiger partial charge in [0.1, 0.15) is 0 Å². The number of likely N-dealkylation sites (N-methyl/N-ethyl adjacent to an activating group) is 1. The normalized spacial score (nSPS) is 52.1. The number of carbonyl (C=O) groups is 1. The Morgan fingerprint density at radius 2 is 2.57 bits per heavy atom. The first-order valence-electron chi connectivity index (χ1n) is 12.0. The number of hydrogen-bond donors (Lipinski definition) is 1. The summed E-state index contributed by atoms with van der Waals surface area (Å²) in [6.07, 6.45) is -4.59. The number of ether oxygens (including phenoxy) is 2. The highest BCUT2D eigenvalue weighted by Crippen LogP contribution is 2.64. The van der Waals surface area contributed by atoms with Gasteiger partial charge in [-0.05, 0) is 44.5 Å². The lowest BCUT2D eigenvalue weighted by Gasteiger charge is -2.62. The first-order valence-corrected chi connectivity index (χ1v) is 7.59. The number of nitrogens with zero attached hydrogens (tertiary/aromatic N) is 1. The Morgan fingerprint density at radius 3 is 3.39 bits per heavy atom. The number of piperidine rings is 1. The summed E-state index contributed by atoms with van der Waals surface area (Å²) in [4.78, 5) is 14.9. The molecular weight excluding hydrogens is 294 g/mol. The third kappa shape index (κ3) is 1.32. The third-order valence-corrected chi connectivity index (χ3v) is 5.88. The molecule has 0 aromatic heterocycles. The predicted molar refractivity (Wildman–Crippen MR) is 83.0 cm³/mol. The standard InChI is InChI=1S/C18H21NO4/c1-19-8-7-17-14-10-3-4-12(22-2)15(14)23-16(17)11(20)5-6-18(17,21)13(19)9-10/h3-4,13,16,21H,5-9H2,1-2H3/t13-,16?,17+,18-/m1/s1/i2D3,3D,4D,5D2,13D,21D. The van der Waals surface area contributed by atoms with E-state index in [-0.39, 0.29) is 35.8 Å². The van der Waals surface area contributed by atoms with E-state index < -0.39 is 60.5 Å². The van der Waals surface area contributed by atoms with Crippen LogP contribution in [-0.2, 0) is 16.6 Å². The summed E-state index contributed by atoms with van der Waals surface area (Å²) in [5.74, 6) is -1.64. The van der Waals surface area contributed by atoms with Gasteiger partial charge < -0.3 is 19.5 Å². The second-order valence-corrected chi connectivity index (χ2v) is 6.67. The van der Waals surface area contributed by atoms with Crippen LogP contribution in [0.3, 0.4) is 0 Å². The minimum absolute atomic E-state index is 0.152. The van der Waals surface area contributed by atoms with Crippen molar-refractivity contribution in [2.45, 2.75) is 48.8 Å². The van der Waals surface area contributed by atoms with Gasteiger partial charge in [0.25, 0.3) is 0 Å². The maximum Gasteiger partial charge on any atom is 0.211 e. The number of aliphatic hydroxyl groups is 1. The van der Waals surface area contributed by atoms with Crippen molar-refractivity contribution in [2.24, 2.45) is 0 Å². The summed E-state index contributed by atoms with van der Waals surface area (Å²) in [6.45, 7) is 0.301. The Bertz CT molecular complexity index is 1060. The fourth-order valence-electron chi connectivity index (χ4n) is 4.84. The Morgan fingerprint density at radius 1 is 1.65 bits per heavy atom. The van der Waals surface area contributed by atoms with E-state index in [0.29, 0.717) is 6.54 Å². The molecular formula is C18H21NO4. The Kier molecular flexibility index (Phi) is 1.34. The van der Waals surface area contributed by atoms with Gasteiger partial charge in [-0.15, -0.1) is 0 Å². The fourth-order valence-corrected chi connectivity index (χ4v) is 4.84. The van der Waals surface area contributed by atoms with Crippen molar-refractivity contribution in [3.8, 4) is 11.5 Å². The van der Waals surface area contributed by atoms with Crippen molar-refractivity contribution in [2.75, 3.05) is 20.6 Å². The Balaban J connectivity index is 1.92. The van der Waals surface area contributed by atoms with E-state index in [1.165, 1.54) is 0 Å². The van der Waals surface area contributed by atoms with Crippen LogP contribution >= 0.6 is 0 Å². The zero-order chi connectivity index (χ0) is 23.6. The van der Waals surface area contributed by atoms with Gasteiger partial charge in [-0.2, -0.15) is 0 Å². The molecule has 1 spiro atoms. The molecule has 1 unspecified atom stereocenters. The van der Waals surface area contributed by atoms with Crippen molar-refractivity contribution in [3.05, 3.63) is 23.2 Å². The number of likely N-dealkylation sites (tertiary alicyclic amines) is 1. The van der Waals surface area contributed by atoms with Crippen LogP contribution in [0.1, 0.15) is 41.3 Å². The highest BCUT2D eigenvalue weighted by atomic mass is 16.5. The lowest BCUT2D eigenvalue weighted by Crippen LogP contribution is -2.76. The molecule has 1 aromatic rings. The van der Waals surface area contributed by atoms with E-state index >= 15 is 0 Å². The smallest absolute Gasteiger partial charge is 0.211 e. The van der Waals surface area contributed by atoms with Crippen LogP contribution in [0.2, 0.25) is 0 Å². The van der Waals surface area contributed by atoms with Crippen LogP contribution < -0.4 is 9.47 Å². The van der Waals surface area contributed by atoms with Crippen molar-refractivity contribution < 1.29 is 30.3 Å². The van der Waals surface area contributed by atoms with Crippen LogP contribution in [0.25, 0.3) is 0 Å². The lowest BCUT2D eigenvalue weighted by molar-refractivity contribution is -0.185. The number of benzene rings is 1. The molecule has 4 atom stereocenters. The molecule has 4 aliphatic rings. The molecule has 0 amide bonds. The number of hydrogen-bond acceptors (Lipinski definition) is 5. The molecule has 1 aromatic carbocycles. The van der Waals surface area contributed by atoms with E-state index in [4.69, 9.17) is 25.6 Å². The van der Waals surface area contributed by atoms with E-state index in [2.05, 4.69) is 0 Å². The molecule has 5 rings (SSSR count). The summed E-state index contributed by atoms with van der Waals surface area (Å²) < 4.78 is 84.4. The Labute approximate surface area is 147 Å². The summed E-state index contributed by atoms with van der Waals surface area (Å²) in [5.41, 5.74) is -2.88. The molecule has 2 aliphatic heterocycles. The van der Waals surface area contributed by atoms with Gasteiger partial charge in [0.2, 0.25) is 1.43 Å². The quantitative estimate of drug-likeness (QED) is 0.881. The molecule has 2 fully saturated rings. The molecule has 1 N–H and O–H groups in total. The molecule has 2 aliphatic carbocycles. The highest BCUT2D eigenvalue weighted by Gasteiger charge is 2.72. The van der Waals surface area contributed by atoms with E-state index in [9.17, 15) is 6.17 Å². The van der Waals surface area contributed by atoms with Crippen LogP contribution in [0, 0.1) is 0 Å². The van der Waals surface area contributed by atoms with Gasteiger partial charge in [-0.3, -0.25) is 4.79 Å². The average molecular weight is 324 g/mol. The van der Waals surface area contributed by atoms with Crippen molar-refractivity contribution >= 4 is 5.78 Å². The summed E-state index contributed by atoms with van der Waals surface area (Å²) >= 11 is 0. The van der Waals surface area contributed by atoms with Crippen molar-refractivity contribution in [1.29, 1.82) is 1.43 Å². The van der Waals surface area contributed by atoms with E-state index in [1.807, 2.05) is 0 Å². The monoisotopic (exact) mass is 324 g/mol. The fraction of sp³-hybridized carbons (Fsp3) is 0.611. The minimum atomic E-state index is -2.97. The largest absolute Gasteiger partial charge is 0.493 e. The molecule has 2 bridgehead atoms. The number of Topliss-reactive ketones (excluding diaryl/α,β-unsaturated/α-hetero) is 1. The topological polar surface area (TPSA) is 59.0 Å². The molecule has 1 saturated carbocycles. The first kappa shape index (κ1) is 7.53. The van der Waals surface area contributed by atoms with Crippen molar-refractivity contribution in [1.82, 2.24) is 4.90 Å². The van der Waals surface area contributed by atoms with Crippen molar-refractivity contribution in [3.63, 3.8) is 0 Å². The summed E-state index contributed by atoms with van der Waals surface area (Å²) in [5, 5.41) is 5.26. The van der Waals surface area contributed by atoms with Gasteiger partial charge in [-0.1, -0.05) is 6.04 Å². The van der Waals surface area contributed by atoms with E-state index in [1.54, 1.807) is 11.9 Å². The zero-order valence-electron chi connectivity index (χ0n) is 21.5. The van der Waals surface area contributed by atoms with Gasteiger partial charge in [0, 0.05) is 20.7 Å². The maximum absolute atomic E-state index is 13.2. The molecule has 1 saturated heterocycles. The average Bonchev–Trinajstić information content (AvgIpc) is 3.03. The lowest BCUT2D eigenvalue weighted by atomic mass is 9.49. The molecule has 122 valence electrons. The molecule has 23 heavy (non-hydrogen) atoms. The second-order valence-electron chi connectivity index (χ2n) is 6.67. The van der Waals surface area contributed by atoms with Gasteiger partial charge in [0.15, 0.2) is 23.4 Å². The number of rotatable bonds is 2. The Hall–Kier alpha value is -1.59. The minimum Gasteiger partial charge on any atom is -0.493 e. The van der Waals surface area contributed by atoms with Crippen LogP contribution in [0.4, 0.5) is 0 Å². The second kappa shape index (κ2) is 4.08. The number of carbonyl (C=O) groups excluding carboxylic acids is 1. The zero-order valence-corrected chi connectivity index (χ0v) is 12.5. The SMILES string of the molecule is [2H]O[C@@]12CC([2H])([2H])C(=O)C3Oc4c(OC([2H])([2H])[2H])c([2H])c([2H])c5c4[C@@]31CCN(C)[C@]2([2H])C5. The molecule has 0 radical (unpaired) electrons. The van der Waals surface area contributed by atoms with Crippen LogP contribution in [0.15, 0.2) is 12.1 Å². The first-order chi connectivity index (χ1) is 14.7. The summed E-state index contributed by atoms with van der Waals surface area (Å²) in [6, 6.07) is -2.63. The molecule has 5 nitrogen and oxygen atoms in total. The summed E-state index contributed by atoms with van der Waals surface area (Å²) in [7, 11) is -1.33.